The van der Waals surface area contributed by atoms with Gasteiger partial charge in [-0.05, 0) is 42.8 Å². The molecule has 0 atom stereocenters. The van der Waals surface area contributed by atoms with Gasteiger partial charge in [0.05, 0.1) is 0 Å². The minimum atomic E-state index is 0.549. The predicted molar refractivity (Wildman–Crippen MR) is 102 cm³/mol. The first-order valence-corrected chi connectivity index (χ1v) is 8.90. The second kappa shape index (κ2) is 8.11. The zero-order valence-electron chi connectivity index (χ0n) is 13.4. The quantitative estimate of drug-likeness (QED) is 0.776. The summed E-state index contributed by atoms with van der Waals surface area (Å²) in [7, 11) is 0. The second-order valence-corrected chi connectivity index (χ2v) is 6.59. The molecule has 1 N–H and O–H groups in total. The Hall–Kier alpha value is -1.87. The number of hydrogen-bond donors (Lipinski definition) is 1. The standard InChI is InChI=1S/C20H24N2S/c23-20(21-18-12-6-2-7-13-18)22(19-14-8-3-9-15-19)16-17-10-4-1-5-11-17/h1-2,4-7,10-13,19H,3,8-9,14-16H2,(H,21,23). The van der Waals surface area contributed by atoms with Crippen molar-refractivity contribution >= 4 is 23.0 Å². The third-order valence-electron chi connectivity index (χ3n) is 4.50. The monoisotopic (exact) mass is 324 g/mol. The molecule has 1 saturated carbocycles. The third kappa shape index (κ3) is 4.55. The molecule has 2 nitrogen and oxygen atoms in total. The third-order valence-corrected chi connectivity index (χ3v) is 4.83. The van der Waals surface area contributed by atoms with Crippen LogP contribution in [0.3, 0.4) is 0 Å². The summed E-state index contributed by atoms with van der Waals surface area (Å²) in [5, 5.41) is 4.26. The van der Waals surface area contributed by atoms with Gasteiger partial charge in [0.1, 0.15) is 0 Å². The van der Waals surface area contributed by atoms with Gasteiger partial charge in [-0.25, -0.2) is 0 Å². The van der Waals surface area contributed by atoms with Gasteiger partial charge >= 0.3 is 0 Å². The SMILES string of the molecule is S=C(Nc1ccccc1)N(Cc1ccccc1)C1CCCCC1. The van der Waals surface area contributed by atoms with Crippen LogP contribution < -0.4 is 5.32 Å². The molecule has 0 amide bonds. The first-order chi connectivity index (χ1) is 11.3. The Bertz CT molecular complexity index is 606. The van der Waals surface area contributed by atoms with E-state index in [9.17, 15) is 0 Å². The summed E-state index contributed by atoms with van der Waals surface area (Å²) in [6.45, 7) is 0.879. The van der Waals surface area contributed by atoms with E-state index in [-0.39, 0.29) is 0 Å². The van der Waals surface area contributed by atoms with E-state index >= 15 is 0 Å². The van der Waals surface area contributed by atoms with Crippen molar-refractivity contribution in [1.82, 2.24) is 4.90 Å². The van der Waals surface area contributed by atoms with Crippen LogP contribution in [0.1, 0.15) is 37.7 Å². The molecule has 0 aromatic heterocycles. The molecule has 1 fully saturated rings. The van der Waals surface area contributed by atoms with E-state index in [1.807, 2.05) is 18.2 Å². The summed E-state index contributed by atoms with van der Waals surface area (Å²) in [5.74, 6) is 0. The molecular formula is C20H24N2S. The van der Waals surface area contributed by atoms with Crippen molar-refractivity contribution < 1.29 is 0 Å². The molecule has 2 aromatic carbocycles. The summed E-state index contributed by atoms with van der Waals surface area (Å²) in [6.07, 6.45) is 6.45. The highest BCUT2D eigenvalue weighted by Crippen LogP contribution is 2.25. The smallest absolute Gasteiger partial charge is 0.173 e. The van der Waals surface area contributed by atoms with Gasteiger partial charge in [-0.1, -0.05) is 67.8 Å². The Kier molecular flexibility index (Phi) is 5.65. The lowest BCUT2D eigenvalue weighted by Crippen LogP contribution is -2.43. The van der Waals surface area contributed by atoms with E-state index < -0.39 is 0 Å². The maximum Gasteiger partial charge on any atom is 0.173 e. The fourth-order valence-corrected chi connectivity index (χ4v) is 3.59. The summed E-state index contributed by atoms with van der Waals surface area (Å²) in [5.41, 5.74) is 2.38. The number of rotatable bonds is 4. The van der Waals surface area contributed by atoms with E-state index in [1.165, 1.54) is 37.7 Å². The van der Waals surface area contributed by atoms with Crippen molar-refractivity contribution in [2.75, 3.05) is 5.32 Å². The average Bonchev–Trinajstić information content (AvgIpc) is 2.62. The number of nitrogens with zero attached hydrogens (tertiary/aromatic N) is 1. The van der Waals surface area contributed by atoms with E-state index in [2.05, 4.69) is 52.7 Å². The van der Waals surface area contributed by atoms with Crippen LogP contribution in [0.25, 0.3) is 0 Å². The molecule has 0 aliphatic heterocycles. The van der Waals surface area contributed by atoms with Crippen LogP contribution in [-0.2, 0) is 6.54 Å². The van der Waals surface area contributed by atoms with Crippen molar-refractivity contribution in [3.05, 3.63) is 66.2 Å². The van der Waals surface area contributed by atoms with Crippen LogP contribution in [0.4, 0.5) is 5.69 Å². The predicted octanol–water partition coefficient (Wildman–Crippen LogP) is 5.22. The van der Waals surface area contributed by atoms with E-state index in [1.54, 1.807) is 0 Å². The van der Waals surface area contributed by atoms with Crippen LogP contribution in [0.15, 0.2) is 60.7 Å². The van der Waals surface area contributed by atoms with Gasteiger partial charge in [0.15, 0.2) is 5.11 Å². The minimum absolute atomic E-state index is 0.549. The largest absolute Gasteiger partial charge is 0.342 e. The Labute approximate surface area is 144 Å². The number of anilines is 1. The van der Waals surface area contributed by atoms with Crippen LogP contribution in [0, 0.1) is 0 Å². The Morgan fingerprint density at radius 1 is 0.913 bits per heavy atom. The molecule has 23 heavy (non-hydrogen) atoms. The number of thiocarbonyl (C=S) groups is 1. The fourth-order valence-electron chi connectivity index (χ4n) is 3.26. The summed E-state index contributed by atoms with van der Waals surface area (Å²) < 4.78 is 0. The minimum Gasteiger partial charge on any atom is -0.342 e. The normalized spacial score (nSPS) is 15.1. The lowest BCUT2D eigenvalue weighted by Gasteiger charge is -2.36. The number of para-hydroxylation sites is 1. The van der Waals surface area contributed by atoms with Crippen LogP contribution in [-0.4, -0.2) is 16.1 Å². The second-order valence-electron chi connectivity index (χ2n) is 6.20. The molecular weight excluding hydrogens is 300 g/mol. The van der Waals surface area contributed by atoms with Crippen molar-refractivity contribution in [1.29, 1.82) is 0 Å². The lowest BCUT2D eigenvalue weighted by atomic mass is 9.94. The first-order valence-electron chi connectivity index (χ1n) is 8.49. The molecule has 0 unspecified atom stereocenters. The van der Waals surface area contributed by atoms with Gasteiger partial charge < -0.3 is 10.2 Å². The molecule has 120 valence electrons. The fraction of sp³-hybridized carbons (Fsp3) is 0.350. The Morgan fingerprint density at radius 3 is 2.17 bits per heavy atom. The van der Waals surface area contributed by atoms with Gasteiger partial charge in [-0.2, -0.15) is 0 Å². The molecule has 2 aromatic rings. The highest BCUT2D eigenvalue weighted by atomic mass is 32.1. The maximum absolute atomic E-state index is 5.75. The Balaban J connectivity index is 1.74. The Morgan fingerprint density at radius 2 is 1.52 bits per heavy atom. The van der Waals surface area contributed by atoms with Crippen LogP contribution in [0.2, 0.25) is 0 Å². The van der Waals surface area contributed by atoms with E-state index in [4.69, 9.17) is 12.2 Å². The highest BCUT2D eigenvalue weighted by molar-refractivity contribution is 7.80. The first kappa shape index (κ1) is 16.0. The van der Waals surface area contributed by atoms with Gasteiger partial charge in [0, 0.05) is 18.3 Å². The van der Waals surface area contributed by atoms with Crippen molar-refractivity contribution in [3.63, 3.8) is 0 Å². The lowest BCUT2D eigenvalue weighted by molar-refractivity contribution is 0.240. The summed E-state index contributed by atoms with van der Waals surface area (Å²) in [6, 6.07) is 21.4. The molecule has 0 saturated heterocycles. The number of benzene rings is 2. The molecule has 0 radical (unpaired) electrons. The summed E-state index contributed by atoms with van der Waals surface area (Å²) in [4.78, 5) is 2.39. The average molecular weight is 324 g/mol. The molecule has 3 rings (SSSR count). The van der Waals surface area contributed by atoms with Crippen molar-refractivity contribution in [2.24, 2.45) is 0 Å². The van der Waals surface area contributed by atoms with Gasteiger partial charge in [-0.3, -0.25) is 0 Å². The molecule has 3 heteroatoms. The van der Waals surface area contributed by atoms with Crippen LogP contribution >= 0.6 is 12.2 Å². The molecule has 0 heterocycles. The zero-order valence-corrected chi connectivity index (χ0v) is 14.3. The molecule has 1 aliphatic rings. The van der Waals surface area contributed by atoms with Crippen molar-refractivity contribution in [3.8, 4) is 0 Å². The van der Waals surface area contributed by atoms with Gasteiger partial charge in [0.25, 0.3) is 0 Å². The van der Waals surface area contributed by atoms with Crippen molar-refractivity contribution in [2.45, 2.75) is 44.7 Å². The van der Waals surface area contributed by atoms with Crippen LogP contribution in [0.5, 0.6) is 0 Å². The zero-order chi connectivity index (χ0) is 15.9. The van der Waals surface area contributed by atoms with E-state index in [0.29, 0.717) is 6.04 Å². The maximum atomic E-state index is 5.75. The van der Waals surface area contributed by atoms with Gasteiger partial charge in [-0.15, -0.1) is 0 Å². The van der Waals surface area contributed by atoms with E-state index in [0.717, 1.165) is 17.3 Å². The van der Waals surface area contributed by atoms with Gasteiger partial charge in [0.2, 0.25) is 0 Å². The molecule has 0 bridgehead atoms. The number of nitrogens with one attached hydrogen (secondary N) is 1. The number of hydrogen-bond acceptors (Lipinski definition) is 1. The topological polar surface area (TPSA) is 15.3 Å². The molecule has 1 aliphatic carbocycles. The summed E-state index contributed by atoms with van der Waals surface area (Å²) >= 11 is 5.75. The molecule has 0 spiro atoms. The highest BCUT2D eigenvalue weighted by Gasteiger charge is 2.23.